The van der Waals surface area contributed by atoms with Crippen molar-refractivity contribution >= 4 is 16.1 Å². The number of hydrogen-bond acceptors (Lipinski definition) is 4. The normalized spacial score (nSPS) is 23.7. The zero-order chi connectivity index (χ0) is 25.0. The number of amides is 2. The van der Waals surface area contributed by atoms with Crippen LogP contribution in [0.3, 0.4) is 0 Å². The van der Waals surface area contributed by atoms with E-state index in [1.54, 1.807) is 24.1 Å². The van der Waals surface area contributed by atoms with Crippen LogP contribution in [-0.2, 0) is 16.4 Å². The summed E-state index contributed by atoms with van der Waals surface area (Å²) < 4.78 is 73.1. The Morgan fingerprint density at radius 3 is 2.66 bits per heavy atom. The van der Waals surface area contributed by atoms with Crippen LogP contribution in [-0.4, -0.2) is 68.8 Å². The van der Waals surface area contributed by atoms with E-state index < -0.39 is 39.1 Å². The molecule has 7 nitrogen and oxygen atoms in total. The van der Waals surface area contributed by atoms with Gasteiger partial charge in [-0.3, -0.25) is 0 Å². The van der Waals surface area contributed by atoms with Crippen molar-refractivity contribution < 1.29 is 31.1 Å². The monoisotopic (exact) mass is 509 g/mol. The van der Waals surface area contributed by atoms with Crippen LogP contribution in [0.4, 0.5) is 18.0 Å². The highest BCUT2D eigenvalue weighted by Crippen LogP contribution is 2.56. The minimum Gasteiger partial charge on any atom is -0.491 e. The molecule has 5 rings (SSSR count). The van der Waals surface area contributed by atoms with Gasteiger partial charge in [0.05, 0.1) is 18.6 Å². The van der Waals surface area contributed by atoms with E-state index in [9.17, 15) is 26.4 Å². The van der Waals surface area contributed by atoms with Crippen LogP contribution in [0.2, 0.25) is 0 Å². The summed E-state index contributed by atoms with van der Waals surface area (Å²) >= 11 is 0. The molecular weight excluding hydrogens is 483 g/mol. The molecule has 1 aliphatic carbocycles. The third kappa shape index (κ3) is 4.47. The average Bonchev–Trinajstić information content (AvgIpc) is 3.54. The van der Waals surface area contributed by atoms with Crippen LogP contribution in [0.5, 0.6) is 5.75 Å². The van der Waals surface area contributed by atoms with E-state index in [-0.39, 0.29) is 32.1 Å². The first-order valence-electron chi connectivity index (χ1n) is 11.4. The summed E-state index contributed by atoms with van der Waals surface area (Å²) in [5.74, 6) is -3.51. The predicted octanol–water partition coefficient (Wildman–Crippen LogP) is 3.45. The molecule has 1 saturated heterocycles. The summed E-state index contributed by atoms with van der Waals surface area (Å²) in [6.07, 6.45) is 1.53. The summed E-state index contributed by atoms with van der Waals surface area (Å²) in [5.41, 5.74) is 1.45. The Bertz CT molecular complexity index is 1250. The van der Waals surface area contributed by atoms with Crippen molar-refractivity contribution in [2.75, 3.05) is 26.7 Å². The van der Waals surface area contributed by atoms with E-state index >= 15 is 0 Å². The standard InChI is InChI=1S/C24H26F3N3O4S/c1-29-9-10-34-20-6-5-17(25)13-18(20)16-4-2-3-15(11-16)12-19-21(28-35(32,33)22(26)27)24(7-8-24)14-30(19)23(29)31/h2-6,11,13,19,21-22,28H,7-10,12,14H2,1H3/t19-,21+/m0/s1. The number of fused-ring (bicyclic) bond motifs is 5. The number of likely N-dealkylation sites (N-methyl/N-ethyl adjacent to an activating group) is 1. The number of carbonyl (C=O) groups excluding carboxylic acids is 1. The highest BCUT2D eigenvalue weighted by Gasteiger charge is 2.62. The molecule has 2 amide bonds. The largest absolute Gasteiger partial charge is 0.491 e. The predicted molar refractivity (Wildman–Crippen MR) is 123 cm³/mol. The number of nitrogens with zero attached hydrogens (tertiary/aromatic N) is 2. The van der Waals surface area contributed by atoms with Gasteiger partial charge >= 0.3 is 11.8 Å². The van der Waals surface area contributed by atoms with E-state index in [4.69, 9.17) is 4.74 Å². The van der Waals surface area contributed by atoms with Gasteiger partial charge in [-0.25, -0.2) is 22.3 Å². The number of benzene rings is 2. The number of nitrogens with one attached hydrogen (secondary N) is 1. The minimum absolute atomic E-state index is 0.158. The second-order valence-corrected chi connectivity index (χ2v) is 11.2. The van der Waals surface area contributed by atoms with Crippen molar-refractivity contribution in [1.29, 1.82) is 0 Å². The first-order chi connectivity index (χ1) is 16.6. The molecule has 0 radical (unpaired) electrons. The number of alkyl halides is 2. The highest BCUT2D eigenvalue weighted by molar-refractivity contribution is 7.89. The van der Waals surface area contributed by atoms with Crippen molar-refractivity contribution in [3.05, 3.63) is 53.8 Å². The number of halogens is 3. The number of carbonyl (C=O) groups is 1. The zero-order valence-corrected chi connectivity index (χ0v) is 19.9. The van der Waals surface area contributed by atoms with E-state index in [1.165, 1.54) is 17.0 Å². The number of urea groups is 1. The number of hydrogen-bond donors (Lipinski definition) is 1. The Labute approximate surface area is 201 Å². The van der Waals surface area contributed by atoms with Gasteiger partial charge in [0.2, 0.25) is 0 Å². The van der Waals surface area contributed by atoms with Crippen molar-refractivity contribution in [3.8, 4) is 16.9 Å². The van der Waals surface area contributed by atoms with Crippen LogP contribution in [0.1, 0.15) is 18.4 Å². The molecule has 0 aromatic heterocycles. The molecule has 1 N–H and O–H groups in total. The molecule has 0 unspecified atom stereocenters. The first kappa shape index (κ1) is 23.9. The number of ether oxygens (including phenoxy) is 1. The lowest BCUT2D eigenvalue weighted by Gasteiger charge is -2.32. The smallest absolute Gasteiger partial charge is 0.350 e. The molecule has 2 aromatic carbocycles. The number of sulfonamides is 1. The van der Waals surface area contributed by atoms with Gasteiger partial charge in [-0.05, 0) is 48.6 Å². The van der Waals surface area contributed by atoms with E-state index in [1.807, 2.05) is 18.2 Å². The number of rotatable bonds is 3. The molecule has 2 aromatic rings. The topological polar surface area (TPSA) is 79.0 Å². The fourth-order valence-corrected chi connectivity index (χ4v) is 6.07. The van der Waals surface area contributed by atoms with E-state index in [0.717, 1.165) is 5.56 Å². The maximum Gasteiger partial charge on any atom is 0.350 e. The highest BCUT2D eigenvalue weighted by atomic mass is 32.2. The van der Waals surface area contributed by atoms with Crippen LogP contribution >= 0.6 is 0 Å². The molecule has 3 aliphatic rings. The maximum atomic E-state index is 14.1. The minimum atomic E-state index is -4.86. The molecule has 188 valence electrons. The second-order valence-electron chi connectivity index (χ2n) is 9.56. The molecule has 11 heteroatoms. The molecule has 1 saturated carbocycles. The van der Waals surface area contributed by atoms with Crippen LogP contribution in [0.15, 0.2) is 42.5 Å². The van der Waals surface area contributed by atoms with Crippen molar-refractivity contribution in [1.82, 2.24) is 14.5 Å². The Hall–Kier alpha value is -2.79. The molecule has 2 fully saturated rings. The van der Waals surface area contributed by atoms with Gasteiger partial charge in [-0.2, -0.15) is 8.78 Å². The summed E-state index contributed by atoms with van der Waals surface area (Å²) in [7, 11) is -3.25. The quantitative estimate of drug-likeness (QED) is 0.688. The Kier molecular flexibility index (Phi) is 5.95. The molecule has 2 bridgehead atoms. The average molecular weight is 510 g/mol. The van der Waals surface area contributed by atoms with Gasteiger partial charge in [-0.15, -0.1) is 0 Å². The lowest BCUT2D eigenvalue weighted by molar-refractivity contribution is 0.146. The van der Waals surface area contributed by atoms with Gasteiger partial charge in [0.1, 0.15) is 18.2 Å². The Morgan fingerprint density at radius 1 is 1.17 bits per heavy atom. The van der Waals surface area contributed by atoms with Crippen LogP contribution in [0, 0.1) is 11.2 Å². The Morgan fingerprint density at radius 2 is 1.94 bits per heavy atom. The third-order valence-corrected chi connectivity index (χ3v) is 8.28. The molecular formula is C24H26F3N3O4S. The van der Waals surface area contributed by atoms with Crippen molar-refractivity contribution in [3.63, 3.8) is 0 Å². The molecule has 35 heavy (non-hydrogen) atoms. The zero-order valence-electron chi connectivity index (χ0n) is 19.1. The summed E-state index contributed by atoms with van der Waals surface area (Å²) in [6.45, 7) is 0.672. The summed E-state index contributed by atoms with van der Waals surface area (Å²) in [4.78, 5) is 16.5. The lowest BCUT2D eigenvalue weighted by Crippen LogP contribution is -2.52. The first-order valence-corrected chi connectivity index (χ1v) is 13.0. The van der Waals surface area contributed by atoms with Gasteiger partial charge in [-0.1, -0.05) is 24.3 Å². The second kappa shape index (κ2) is 8.70. The molecule has 1 spiro atoms. The Balaban J connectivity index is 1.58. The SMILES string of the molecule is CN1CCOc2ccc(F)cc2-c2cccc(c2)C[C@H]2[C@@H](NS(=O)(=O)C(F)F)C3(CC3)CN2C1=O. The van der Waals surface area contributed by atoms with Gasteiger partial charge in [0.15, 0.2) is 0 Å². The van der Waals surface area contributed by atoms with Gasteiger partial charge in [0.25, 0.3) is 10.0 Å². The van der Waals surface area contributed by atoms with Crippen LogP contribution in [0.25, 0.3) is 11.1 Å². The molecule has 2 atom stereocenters. The fourth-order valence-electron chi connectivity index (χ4n) is 5.21. The van der Waals surface area contributed by atoms with Crippen molar-refractivity contribution in [2.24, 2.45) is 5.41 Å². The van der Waals surface area contributed by atoms with Gasteiger partial charge < -0.3 is 14.5 Å². The summed E-state index contributed by atoms with van der Waals surface area (Å²) in [6, 6.07) is 9.67. The maximum absolute atomic E-state index is 14.1. The van der Waals surface area contributed by atoms with Crippen molar-refractivity contribution in [2.45, 2.75) is 37.1 Å². The molecule has 2 aliphatic heterocycles. The fraction of sp³-hybridized carbons (Fsp3) is 0.458. The summed E-state index contributed by atoms with van der Waals surface area (Å²) in [5, 5.41) is 0. The van der Waals surface area contributed by atoms with Gasteiger partial charge in [0, 0.05) is 24.6 Å². The van der Waals surface area contributed by atoms with Crippen LogP contribution < -0.4 is 9.46 Å². The van der Waals surface area contributed by atoms with E-state index in [2.05, 4.69) is 4.72 Å². The van der Waals surface area contributed by atoms with E-state index in [0.29, 0.717) is 29.7 Å². The third-order valence-electron chi connectivity index (χ3n) is 7.23. The lowest BCUT2D eigenvalue weighted by atomic mass is 9.91. The molecule has 2 heterocycles.